The summed E-state index contributed by atoms with van der Waals surface area (Å²) in [6.07, 6.45) is 6.41. The molecule has 3 aliphatic rings. The predicted octanol–water partition coefficient (Wildman–Crippen LogP) is 0.729. The summed E-state index contributed by atoms with van der Waals surface area (Å²) in [6, 6.07) is 2.72. The van der Waals surface area contributed by atoms with Gasteiger partial charge >= 0.3 is 0 Å². The van der Waals surface area contributed by atoms with E-state index < -0.39 is 0 Å². The first-order valence-corrected chi connectivity index (χ1v) is 5.95. The van der Waals surface area contributed by atoms with Crippen LogP contribution in [0.25, 0.3) is 0 Å². The molecular weight excluding hydrogens is 176 g/mol. The van der Waals surface area contributed by atoms with E-state index in [1.165, 1.54) is 32.1 Å². The van der Waals surface area contributed by atoms with E-state index in [-0.39, 0.29) is 0 Å². The summed E-state index contributed by atoms with van der Waals surface area (Å²) in [5.41, 5.74) is 6.06. The Kier molecular flexibility index (Phi) is 2.26. The van der Waals surface area contributed by atoms with Crippen LogP contribution < -0.4 is 5.73 Å². The van der Waals surface area contributed by atoms with Crippen LogP contribution >= 0.6 is 0 Å². The molecule has 0 aromatic rings. The third kappa shape index (κ3) is 1.38. The fourth-order valence-electron chi connectivity index (χ4n) is 3.61. The fraction of sp³-hybridized carbons (Fsp3) is 1.00. The molecule has 4 atom stereocenters. The van der Waals surface area contributed by atoms with E-state index in [9.17, 15) is 0 Å². The molecule has 3 heteroatoms. The smallest absolute Gasteiger partial charge is 0.0622 e. The molecule has 2 N–H and O–H groups in total. The second-order valence-electron chi connectivity index (χ2n) is 5.08. The second kappa shape index (κ2) is 3.47. The van der Waals surface area contributed by atoms with Gasteiger partial charge < -0.3 is 10.5 Å². The molecule has 3 rings (SSSR count). The van der Waals surface area contributed by atoms with Gasteiger partial charge in [-0.15, -0.1) is 0 Å². The highest BCUT2D eigenvalue weighted by molar-refractivity contribution is 4.99. The monoisotopic (exact) mass is 196 g/mol. The average molecular weight is 196 g/mol. The van der Waals surface area contributed by atoms with Gasteiger partial charge in [0.1, 0.15) is 0 Å². The summed E-state index contributed by atoms with van der Waals surface area (Å²) >= 11 is 0. The lowest BCUT2D eigenvalue weighted by atomic mass is 9.96. The number of hydrogen-bond donors (Lipinski definition) is 1. The Balaban J connectivity index is 1.74. The molecular formula is C11H20N2O. The quantitative estimate of drug-likeness (QED) is 0.672. The lowest BCUT2D eigenvalue weighted by Gasteiger charge is -2.41. The third-order valence-corrected chi connectivity index (χ3v) is 4.15. The van der Waals surface area contributed by atoms with Gasteiger partial charge in [-0.1, -0.05) is 0 Å². The number of piperidine rings is 1. The molecule has 0 spiro atoms. The highest BCUT2D eigenvalue weighted by Gasteiger charge is 2.43. The van der Waals surface area contributed by atoms with Crippen LogP contribution in [0.15, 0.2) is 0 Å². The molecule has 0 radical (unpaired) electrons. The van der Waals surface area contributed by atoms with E-state index >= 15 is 0 Å². The van der Waals surface area contributed by atoms with Gasteiger partial charge in [0.15, 0.2) is 0 Å². The average Bonchev–Trinajstić information content (AvgIpc) is 2.72. The van der Waals surface area contributed by atoms with Crippen LogP contribution in [0.3, 0.4) is 0 Å². The number of rotatable bonds is 1. The van der Waals surface area contributed by atoms with Gasteiger partial charge in [0.05, 0.1) is 6.61 Å². The number of ether oxygens (including phenoxy) is 1. The van der Waals surface area contributed by atoms with Crippen molar-refractivity contribution in [3.8, 4) is 0 Å². The van der Waals surface area contributed by atoms with Crippen molar-refractivity contribution in [2.24, 2.45) is 5.73 Å². The zero-order valence-electron chi connectivity index (χ0n) is 8.69. The first kappa shape index (κ1) is 9.13. The molecule has 3 saturated heterocycles. The standard InChI is InChI=1S/C11H20N2O/c12-8-5-9-1-2-10(6-8)13(9)11-3-4-14-7-11/h8-11H,1-7,12H2/t8?,9-,10+,11?. The van der Waals surface area contributed by atoms with Crippen molar-refractivity contribution in [1.82, 2.24) is 4.90 Å². The van der Waals surface area contributed by atoms with Gasteiger partial charge in [0.2, 0.25) is 0 Å². The van der Waals surface area contributed by atoms with Crippen molar-refractivity contribution in [2.75, 3.05) is 13.2 Å². The Labute approximate surface area is 85.6 Å². The van der Waals surface area contributed by atoms with Crippen molar-refractivity contribution in [1.29, 1.82) is 0 Å². The van der Waals surface area contributed by atoms with Crippen molar-refractivity contribution < 1.29 is 4.74 Å². The van der Waals surface area contributed by atoms with E-state index in [0.717, 1.165) is 25.3 Å². The van der Waals surface area contributed by atoms with E-state index in [1.54, 1.807) is 0 Å². The first-order valence-electron chi connectivity index (χ1n) is 5.95. The van der Waals surface area contributed by atoms with Crippen LogP contribution in [0.4, 0.5) is 0 Å². The molecule has 0 aromatic heterocycles. The van der Waals surface area contributed by atoms with Crippen molar-refractivity contribution in [3.05, 3.63) is 0 Å². The maximum absolute atomic E-state index is 6.06. The normalized spacial score (nSPS) is 48.6. The maximum Gasteiger partial charge on any atom is 0.0622 e. The van der Waals surface area contributed by atoms with Crippen LogP contribution in [-0.2, 0) is 4.74 Å². The summed E-state index contributed by atoms with van der Waals surface area (Å²) in [5, 5.41) is 0. The van der Waals surface area contributed by atoms with Crippen LogP contribution in [0, 0.1) is 0 Å². The predicted molar refractivity (Wildman–Crippen MR) is 55.1 cm³/mol. The molecule has 0 aliphatic carbocycles. The van der Waals surface area contributed by atoms with Crippen LogP contribution in [0.2, 0.25) is 0 Å². The molecule has 0 amide bonds. The molecule has 3 nitrogen and oxygen atoms in total. The summed E-state index contributed by atoms with van der Waals surface area (Å²) in [7, 11) is 0. The van der Waals surface area contributed by atoms with Crippen LogP contribution in [-0.4, -0.2) is 42.3 Å². The van der Waals surface area contributed by atoms with E-state index in [4.69, 9.17) is 10.5 Å². The van der Waals surface area contributed by atoms with Gasteiger partial charge in [0.25, 0.3) is 0 Å². The number of fused-ring (bicyclic) bond motifs is 2. The molecule has 80 valence electrons. The summed E-state index contributed by atoms with van der Waals surface area (Å²) in [6.45, 7) is 1.93. The molecule has 3 heterocycles. The van der Waals surface area contributed by atoms with E-state index in [0.29, 0.717) is 12.1 Å². The van der Waals surface area contributed by atoms with Crippen LogP contribution in [0.5, 0.6) is 0 Å². The molecule has 3 fully saturated rings. The fourth-order valence-corrected chi connectivity index (χ4v) is 3.61. The first-order chi connectivity index (χ1) is 6.84. The Morgan fingerprint density at radius 3 is 2.29 bits per heavy atom. The molecule has 0 saturated carbocycles. The Bertz CT molecular complexity index is 201. The SMILES string of the molecule is NC1C[C@H]2CC[C@@H](C1)N2C1CCOC1. The van der Waals surface area contributed by atoms with Crippen molar-refractivity contribution in [2.45, 2.75) is 56.3 Å². The highest BCUT2D eigenvalue weighted by Crippen LogP contribution is 2.38. The number of nitrogens with two attached hydrogens (primary N) is 1. The topological polar surface area (TPSA) is 38.5 Å². The molecule has 3 aliphatic heterocycles. The molecule has 14 heavy (non-hydrogen) atoms. The Morgan fingerprint density at radius 2 is 1.71 bits per heavy atom. The van der Waals surface area contributed by atoms with Gasteiger partial charge in [0, 0.05) is 30.8 Å². The number of hydrogen-bond acceptors (Lipinski definition) is 3. The highest BCUT2D eigenvalue weighted by atomic mass is 16.5. The lowest BCUT2D eigenvalue weighted by molar-refractivity contribution is 0.0666. The summed E-state index contributed by atoms with van der Waals surface area (Å²) in [5.74, 6) is 0. The van der Waals surface area contributed by atoms with Crippen molar-refractivity contribution in [3.63, 3.8) is 0 Å². The molecule has 2 unspecified atom stereocenters. The summed E-state index contributed by atoms with van der Waals surface area (Å²) in [4.78, 5) is 2.73. The minimum absolute atomic E-state index is 0.464. The van der Waals surface area contributed by atoms with E-state index in [2.05, 4.69) is 4.90 Å². The van der Waals surface area contributed by atoms with E-state index in [1.807, 2.05) is 0 Å². The Hall–Kier alpha value is -0.120. The largest absolute Gasteiger partial charge is 0.380 e. The zero-order chi connectivity index (χ0) is 9.54. The minimum atomic E-state index is 0.464. The van der Waals surface area contributed by atoms with Crippen LogP contribution in [0.1, 0.15) is 32.1 Å². The third-order valence-electron chi connectivity index (χ3n) is 4.15. The molecule has 2 bridgehead atoms. The van der Waals surface area contributed by atoms with Gasteiger partial charge in [-0.05, 0) is 32.1 Å². The van der Waals surface area contributed by atoms with Gasteiger partial charge in [-0.2, -0.15) is 0 Å². The van der Waals surface area contributed by atoms with Gasteiger partial charge in [-0.3, -0.25) is 4.90 Å². The minimum Gasteiger partial charge on any atom is -0.380 e. The number of nitrogens with zero attached hydrogens (tertiary/aromatic N) is 1. The van der Waals surface area contributed by atoms with Crippen molar-refractivity contribution >= 4 is 0 Å². The lowest BCUT2D eigenvalue weighted by Crippen LogP contribution is -2.52. The molecule has 0 aromatic carbocycles. The Morgan fingerprint density at radius 1 is 1.00 bits per heavy atom. The summed E-state index contributed by atoms with van der Waals surface area (Å²) < 4.78 is 5.49. The second-order valence-corrected chi connectivity index (χ2v) is 5.08. The zero-order valence-corrected chi connectivity index (χ0v) is 8.69. The van der Waals surface area contributed by atoms with Gasteiger partial charge in [-0.25, -0.2) is 0 Å². The maximum atomic E-state index is 6.06.